The van der Waals surface area contributed by atoms with Crippen LogP contribution in [0, 0.1) is 0 Å². The molecule has 2 saturated heterocycles. The van der Waals surface area contributed by atoms with Crippen molar-refractivity contribution >= 4 is 11.8 Å². The average Bonchev–Trinajstić information content (AvgIpc) is 2.48. The van der Waals surface area contributed by atoms with Crippen molar-refractivity contribution in [2.45, 2.75) is 49.9 Å². The number of hydrogen-bond donors (Lipinski definition) is 1. The quantitative estimate of drug-likeness (QED) is 0.827. The van der Waals surface area contributed by atoms with Crippen molar-refractivity contribution in [3.63, 3.8) is 0 Å². The molecule has 2 fully saturated rings. The molecule has 0 radical (unpaired) electrons. The zero-order chi connectivity index (χ0) is 13.4. The minimum Gasteiger partial charge on any atom is -0.329 e. The zero-order valence-electron chi connectivity index (χ0n) is 12.4. The van der Waals surface area contributed by atoms with Crippen molar-refractivity contribution in [1.29, 1.82) is 0 Å². The molecule has 4 heteroatoms. The molecule has 0 aromatic carbocycles. The van der Waals surface area contributed by atoms with E-state index in [4.69, 9.17) is 5.73 Å². The van der Waals surface area contributed by atoms with Crippen LogP contribution in [0.3, 0.4) is 0 Å². The van der Waals surface area contributed by atoms with E-state index < -0.39 is 0 Å². The minimum atomic E-state index is 0.231. The lowest BCUT2D eigenvalue weighted by Gasteiger charge is -2.40. The number of thioether (sulfide) groups is 1. The van der Waals surface area contributed by atoms with Gasteiger partial charge in [-0.05, 0) is 26.8 Å². The predicted molar refractivity (Wildman–Crippen MR) is 81.2 cm³/mol. The van der Waals surface area contributed by atoms with E-state index in [1.165, 1.54) is 31.7 Å². The van der Waals surface area contributed by atoms with Gasteiger partial charge in [0, 0.05) is 48.3 Å². The Bertz CT molecular complexity index is 283. The number of hydrogen-bond acceptors (Lipinski definition) is 4. The van der Waals surface area contributed by atoms with Gasteiger partial charge in [0.2, 0.25) is 0 Å². The Morgan fingerprint density at radius 1 is 1.33 bits per heavy atom. The largest absolute Gasteiger partial charge is 0.329 e. The van der Waals surface area contributed by atoms with Gasteiger partial charge in [0.1, 0.15) is 0 Å². The van der Waals surface area contributed by atoms with Gasteiger partial charge >= 0.3 is 0 Å². The molecule has 0 amide bonds. The average molecular weight is 271 g/mol. The fraction of sp³-hybridized carbons (Fsp3) is 1.00. The first-order chi connectivity index (χ1) is 8.38. The SMILES string of the molecule is CC1CC(CN)(N2CCSC(C)(C)CC2)CN1C. The molecule has 0 bridgehead atoms. The standard InChI is InChI=1S/C14H29N3S/c1-12-9-14(10-15,11-16(12)4)17-6-5-13(2,3)18-8-7-17/h12H,5-11,15H2,1-4H3. The minimum absolute atomic E-state index is 0.231. The van der Waals surface area contributed by atoms with E-state index in [0.717, 1.165) is 13.1 Å². The monoisotopic (exact) mass is 271 g/mol. The third-order valence-electron chi connectivity index (χ3n) is 4.86. The summed E-state index contributed by atoms with van der Waals surface area (Å²) in [5.74, 6) is 1.24. The topological polar surface area (TPSA) is 32.5 Å². The molecule has 18 heavy (non-hydrogen) atoms. The molecule has 3 nitrogen and oxygen atoms in total. The van der Waals surface area contributed by atoms with Gasteiger partial charge in [-0.25, -0.2) is 0 Å². The summed E-state index contributed by atoms with van der Waals surface area (Å²) in [6.45, 7) is 11.4. The summed E-state index contributed by atoms with van der Waals surface area (Å²) in [4.78, 5) is 5.16. The number of likely N-dealkylation sites (N-methyl/N-ethyl adjacent to an activating group) is 1. The van der Waals surface area contributed by atoms with Crippen molar-refractivity contribution in [2.75, 3.05) is 39.0 Å². The highest BCUT2D eigenvalue weighted by molar-refractivity contribution is 8.00. The smallest absolute Gasteiger partial charge is 0.0473 e. The van der Waals surface area contributed by atoms with Crippen molar-refractivity contribution in [2.24, 2.45) is 5.73 Å². The fourth-order valence-electron chi connectivity index (χ4n) is 3.39. The first kappa shape index (κ1) is 14.6. The van der Waals surface area contributed by atoms with Gasteiger partial charge in [-0.15, -0.1) is 0 Å². The van der Waals surface area contributed by atoms with Crippen LogP contribution in [0.1, 0.15) is 33.6 Å². The third-order valence-corrected chi connectivity index (χ3v) is 6.23. The number of nitrogens with zero attached hydrogens (tertiary/aromatic N) is 2. The number of likely N-dealkylation sites (tertiary alicyclic amines) is 1. The van der Waals surface area contributed by atoms with Crippen LogP contribution in [0.2, 0.25) is 0 Å². The molecule has 2 N–H and O–H groups in total. The molecule has 2 aliphatic rings. The molecule has 2 atom stereocenters. The lowest BCUT2D eigenvalue weighted by molar-refractivity contribution is 0.107. The van der Waals surface area contributed by atoms with Gasteiger partial charge < -0.3 is 10.6 Å². The lowest BCUT2D eigenvalue weighted by Crippen LogP contribution is -2.56. The molecular formula is C14H29N3S. The van der Waals surface area contributed by atoms with Crippen LogP contribution in [0.15, 0.2) is 0 Å². The van der Waals surface area contributed by atoms with Crippen molar-refractivity contribution < 1.29 is 0 Å². The second kappa shape index (κ2) is 5.31. The van der Waals surface area contributed by atoms with Crippen molar-refractivity contribution in [1.82, 2.24) is 9.80 Å². The van der Waals surface area contributed by atoms with E-state index >= 15 is 0 Å². The van der Waals surface area contributed by atoms with E-state index in [1.807, 2.05) is 0 Å². The molecular weight excluding hydrogens is 242 g/mol. The maximum atomic E-state index is 6.17. The van der Waals surface area contributed by atoms with Crippen LogP contribution in [0.25, 0.3) is 0 Å². The molecule has 0 aromatic rings. The van der Waals surface area contributed by atoms with Crippen LogP contribution in [-0.4, -0.2) is 65.1 Å². The molecule has 2 heterocycles. The first-order valence-electron chi connectivity index (χ1n) is 7.18. The third kappa shape index (κ3) is 2.87. The Morgan fingerprint density at radius 2 is 2.06 bits per heavy atom. The number of rotatable bonds is 2. The highest BCUT2D eigenvalue weighted by Gasteiger charge is 2.44. The molecule has 0 spiro atoms. The summed E-state index contributed by atoms with van der Waals surface area (Å²) >= 11 is 2.12. The van der Waals surface area contributed by atoms with Crippen LogP contribution < -0.4 is 5.73 Å². The van der Waals surface area contributed by atoms with Crippen LogP contribution >= 0.6 is 11.8 Å². The Labute approximate surface area is 116 Å². The van der Waals surface area contributed by atoms with E-state index in [0.29, 0.717) is 10.8 Å². The molecule has 2 rings (SSSR count). The van der Waals surface area contributed by atoms with Gasteiger partial charge in [0.05, 0.1) is 0 Å². The summed E-state index contributed by atoms with van der Waals surface area (Å²) < 4.78 is 0.431. The van der Waals surface area contributed by atoms with Gasteiger partial charge in [-0.3, -0.25) is 4.90 Å². The highest BCUT2D eigenvalue weighted by atomic mass is 32.2. The Kier molecular flexibility index (Phi) is 4.32. The summed E-state index contributed by atoms with van der Waals surface area (Å²) in [6, 6.07) is 0.664. The molecule has 2 unspecified atom stereocenters. The molecule has 0 aliphatic carbocycles. The molecule has 0 aromatic heterocycles. The second-order valence-corrected chi connectivity index (χ2v) is 8.54. The molecule has 2 aliphatic heterocycles. The van der Waals surface area contributed by atoms with Crippen LogP contribution in [0.5, 0.6) is 0 Å². The van der Waals surface area contributed by atoms with Gasteiger partial charge in [-0.1, -0.05) is 13.8 Å². The first-order valence-corrected chi connectivity index (χ1v) is 8.16. The highest BCUT2D eigenvalue weighted by Crippen LogP contribution is 2.36. The van der Waals surface area contributed by atoms with E-state index in [1.54, 1.807) is 0 Å². The maximum Gasteiger partial charge on any atom is 0.0473 e. The zero-order valence-corrected chi connectivity index (χ0v) is 13.2. The lowest BCUT2D eigenvalue weighted by atomic mass is 9.93. The Morgan fingerprint density at radius 3 is 2.61 bits per heavy atom. The van der Waals surface area contributed by atoms with Gasteiger partial charge in [0.15, 0.2) is 0 Å². The molecule has 0 saturated carbocycles. The van der Waals surface area contributed by atoms with E-state index in [9.17, 15) is 0 Å². The van der Waals surface area contributed by atoms with Crippen molar-refractivity contribution in [3.8, 4) is 0 Å². The van der Waals surface area contributed by atoms with E-state index in [-0.39, 0.29) is 5.54 Å². The summed E-state index contributed by atoms with van der Waals surface area (Å²) in [7, 11) is 2.23. The fourth-order valence-corrected chi connectivity index (χ4v) is 4.49. The normalized spacial score (nSPS) is 38.8. The Hall–Kier alpha value is 0.230. The maximum absolute atomic E-state index is 6.17. The van der Waals surface area contributed by atoms with Gasteiger partial charge in [-0.2, -0.15) is 11.8 Å². The van der Waals surface area contributed by atoms with E-state index in [2.05, 4.69) is 49.4 Å². The second-order valence-electron chi connectivity index (χ2n) is 6.74. The van der Waals surface area contributed by atoms with Crippen LogP contribution in [0.4, 0.5) is 0 Å². The summed E-state index contributed by atoms with van der Waals surface area (Å²) in [6.07, 6.45) is 2.50. The number of nitrogens with two attached hydrogens (primary N) is 1. The summed E-state index contributed by atoms with van der Waals surface area (Å²) in [5.41, 5.74) is 6.40. The molecule has 106 valence electrons. The van der Waals surface area contributed by atoms with Crippen LogP contribution in [-0.2, 0) is 0 Å². The van der Waals surface area contributed by atoms with Crippen molar-refractivity contribution in [3.05, 3.63) is 0 Å². The van der Waals surface area contributed by atoms with Gasteiger partial charge in [0.25, 0.3) is 0 Å². The summed E-state index contributed by atoms with van der Waals surface area (Å²) in [5, 5.41) is 0. The Balaban J connectivity index is 2.09. The predicted octanol–water partition coefficient (Wildman–Crippen LogP) is 1.63.